The highest BCUT2D eigenvalue weighted by Crippen LogP contribution is 2.36. The lowest BCUT2D eigenvalue weighted by Gasteiger charge is -2.44. The number of carbonyl (C=O) groups excluding carboxylic acids is 4. The van der Waals surface area contributed by atoms with Gasteiger partial charge in [-0.25, -0.2) is 19.2 Å². The van der Waals surface area contributed by atoms with Gasteiger partial charge in [0.25, 0.3) is 22.7 Å². The molecule has 0 spiro atoms. The van der Waals surface area contributed by atoms with Gasteiger partial charge in [0.15, 0.2) is 18.3 Å². The maximum atomic E-state index is 13.7. The van der Waals surface area contributed by atoms with Gasteiger partial charge in [0.1, 0.15) is 18.1 Å². The van der Waals surface area contributed by atoms with Gasteiger partial charge in [-0.15, -0.1) is 11.8 Å². The molecule has 4 aromatic carbocycles. The molecule has 0 aromatic heterocycles. The highest BCUT2D eigenvalue weighted by molar-refractivity contribution is 7.99. The Labute approximate surface area is 329 Å². The molecule has 0 unspecified atom stereocenters. The average molecular weight is 821 g/mol. The van der Waals surface area contributed by atoms with Gasteiger partial charge < -0.3 is 23.7 Å². The predicted octanol–water partition coefficient (Wildman–Crippen LogP) is 5.63. The maximum Gasteiger partial charge on any atom is 0.338 e. The fraction of sp³-hybridized carbons (Fsp3) is 0.222. The number of benzene rings is 4. The molecule has 22 heteroatoms. The lowest BCUT2D eigenvalue weighted by atomic mass is 9.98. The Balaban J connectivity index is 1.55. The zero-order valence-electron chi connectivity index (χ0n) is 29.7. The standard InChI is InChI=1S/C36H28N4O17S/c1-2-58-36-31(57-35(44)23-9-17-27(18-10-23)40(51)52)30(56-34(43)22-7-15-26(16-8-22)39(49)50)29(55-33(42)21-5-13-25(14-6-21)38(47)48)28(54-36)19-53-32(41)20-3-11-24(12-4-20)37(45)46/h3-18,28-31,36H,2,19H2,1H3/t28-,29-,30+,31-,36+/m1/s1. The number of non-ortho nitro benzene ring substituents is 4. The van der Waals surface area contributed by atoms with Crippen LogP contribution in [0.2, 0.25) is 0 Å². The molecule has 0 aliphatic carbocycles. The van der Waals surface area contributed by atoms with Crippen molar-refractivity contribution in [3.63, 3.8) is 0 Å². The Morgan fingerprint density at radius 1 is 0.517 bits per heavy atom. The van der Waals surface area contributed by atoms with Crippen LogP contribution in [-0.4, -0.2) is 85.8 Å². The second-order valence-corrected chi connectivity index (χ2v) is 13.3. The molecule has 1 saturated heterocycles. The van der Waals surface area contributed by atoms with Crippen molar-refractivity contribution in [1.82, 2.24) is 0 Å². The Bertz CT molecular complexity index is 2220. The summed E-state index contributed by atoms with van der Waals surface area (Å²) >= 11 is 1.03. The van der Waals surface area contributed by atoms with E-state index in [1.807, 2.05) is 0 Å². The molecule has 300 valence electrons. The third-order valence-electron chi connectivity index (χ3n) is 8.29. The van der Waals surface area contributed by atoms with Crippen molar-refractivity contribution in [3.05, 3.63) is 160 Å². The van der Waals surface area contributed by atoms with Gasteiger partial charge >= 0.3 is 23.9 Å². The van der Waals surface area contributed by atoms with Gasteiger partial charge in [0.2, 0.25) is 0 Å². The molecule has 1 fully saturated rings. The lowest BCUT2D eigenvalue weighted by Crippen LogP contribution is -2.61. The van der Waals surface area contributed by atoms with E-state index in [1.165, 1.54) is 0 Å². The Hall–Kier alpha value is -7.33. The molecule has 4 aromatic rings. The molecule has 5 atom stereocenters. The van der Waals surface area contributed by atoms with Crippen molar-refractivity contribution in [1.29, 1.82) is 0 Å². The molecule has 1 aliphatic rings. The molecule has 0 amide bonds. The van der Waals surface area contributed by atoms with Crippen molar-refractivity contribution in [2.45, 2.75) is 36.8 Å². The summed E-state index contributed by atoms with van der Waals surface area (Å²) in [5, 5.41) is 44.8. The van der Waals surface area contributed by atoms with Crippen LogP contribution in [0.25, 0.3) is 0 Å². The molecule has 21 nitrogen and oxygen atoms in total. The van der Waals surface area contributed by atoms with Crippen LogP contribution in [-0.2, 0) is 23.7 Å². The van der Waals surface area contributed by atoms with Crippen LogP contribution >= 0.6 is 11.8 Å². The second kappa shape index (κ2) is 18.5. The van der Waals surface area contributed by atoms with E-state index >= 15 is 0 Å². The number of hydrogen-bond acceptors (Lipinski definition) is 18. The average Bonchev–Trinajstić information content (AvgIpc) is 3.22. The summed E-state index contributed by atoms with van der Waals surface area (Å²) in [7, 11) is 0. The van der Waals surface area contributed by atoms with E-state index in [2.05, 4.69) is 0 Å². The van der Waals surface area contributed by atoms with Gasteiger partial charge in [-0.2, -0.15) is 0 Å². The summed E-state index contributed by atoms with van der Waals surface area (Å²) in [5.74, 6) is -4.08. The summed E-state index contributed by atoms with van der Waals surface area (Å²) in [6.07, 6.45) is -6.73. The summed E-state index contributed by atoms with van der Waals surface area (Å²) in [6.45, 7) is 0.981. The first kappa shape index (κ1) is 41.8. The number of carbonyl (C=O) groups is 4. The molecule has 0 radical (unpaired) electrons. The minimum absolute atomic E-state index is 0.114. The van der Waals surface area contributed by atoms with Crippen LogP contribution in [0.4, 0.5) is 22.7 Å². The molecule has 1 aliphatic heterocycles. The first-order chi connectivity index (χ1) is 27.7. The topological polar surface area (TPSA) is 287 Å². The van der Waals surface area contributed by atoms with Gasteiger partial charge in [0, 0.05) is 48.5 Å². The van der Waals surface area contributed by atoms with Crippen LogP contribution in [0.1, 0.15) is 48.4 Å². The molecular weight excluding hydrogens is 792 g/mol. The zero-order valence-corrected chi connectivity index (χ0v) is 30.5. The van der Waals surface area contributed by atoms with Crippen LogP contribution in [0.5, 0.6) is 0 Å². The van der Waals surface area contributed by atoms with Gasteiger partial charge in [-0.3, -0.25) is 40.5 Å². The SMILES string of the molecule is CCS[C@@H]1O[C@H](COC(=O)c2ccc([N+](=O)[O-])cc2)[C@@H](OC(=O)c2ccc([N+](=O)[O-])cc2)[C@H](OC(=O)c2ccc([N+](=O)[O-])cc2)[C@H]1OC(=O)c1ccc([N+](=O)[O-])cc1. The van der Waals surface area contributed by atoms with E-state index in [9.17, 15) is 59.6 Å². The molecule has 0 bridgehead atoms. The van der Waals surface area contributed by atoms with Gasteiger partial charge in [-0.1, -0.05) is 6.92 Å². The summed E-state index contributed by atoms with van der Waals surface area (Å²) < 4.78 is 29.2. The fourth-order valence-corrected chi connectivity index (χ4v) is 6.36. The number of nitro groups is 4. The lowest BCUT2D eigenvalue weighted by molar-refractivity contribution is -0.385. The van der Waals surface area contributed by atoms with E-state index in [-0.39, 0.29) is 50.8 Å². The number of nitro benzene ring substituents is 4. The number of nitrogens with zero attached hydrogens (tertiary/aromatic N) is 4. The smallest absolute Gasteiger partial charge is 0.338 e. The van der Waals surface area contributed by atoms with Crippen molar-refractivity contribution in [2.75, 3.05) is 12.4 Å². The number of rotatable bonds is 15. The van der Waals surface area contributed by atoms with Crippen LogP contribution in [0.3, 0.4) is 0 Å². The Kier molecular flexibility index (Phi) is 13.4. The summed E-state index contributed by atoms with van der Waals surface area (Å²) in [5.41, 5.74) is -3.35. The van der Waals surface area contributed by atoms with Crippen molar-refractivity contribution in [3.8, 4) is 0 Å². The third-order valence-corrected chi connectivity index (χ3v) is 9.33. The van der Waals surface area contributed by atoms with Gasteiger partial charge in [-0.05, 0) is 54.3 Å². The maximum absolute atomic E-state index is 13.7. The Morgan fingerprint density at radius 3 is 1.16 bits per heavy atom. The molecular formula is C36H28N4O17S. The third kappa shape index (κ3) is 10.1. The van der Waals surface area contributed by atoms with Crippen LogP contribution in [0, 0.1) is 40.5 Å². The van der Waals surface area contributed by atoms with Crippen molar-refractivity contribution in [2.24, 2.45) is 0 Å². The minimum Gasteiger partial charge on any atom is -0.459 e. The van der Waals surface area contributed by atoms with Crippen molar-refractivity contribution >= 4 is 58.4 Å². The monoisotopic (exact) mass is 820 g/mol. The molecule has 1 heterocycles. The first-order valence-electron chi connectivity index (χ1n) is 16.7. The van der Waals surface area contributed by atoms with E-state index in [4.69, 9.17) is 23.7 Å². The van der Waals surface area contributed by atoms with Gasteiger partial charge in [0.05, 0.1) is 41.9 Å². The normalized spacial score (nSPS) is 18.5. The fourth-order valence-electron chi connectivity index (χ4n) is 5.41. The molecule has 0 saturated carbocycles. The van der Waals surface area contributed by atoms with E-state index in [1.54, 1.807) is 6.92 Å². The number of thioether (sulfide) groups is 1. The highest BCUT2D eigenvalue weighted by atomic mass is 32.2. The number of ether oxygens (including phenoxy) is 5. The van der Waals surface area contributed by atoms with E-state index in [0.29, 0.717) is 0 Å². The highest BCUT2D eigenvalue weighted by Gasteiger charge is 2.53. The summed E-state index contributed by atoms with van der Waals surface area (Å²) in [4.78, 5) is 96.1. The Morgan fingerprint density at radius 2 is 0.828 bits per heavy atom. The van der Waals surface area contributed by atoms with Crippen LogP contribution < -0.4 is 0 Å². The summed E-state index contributed by atoms with van der Waals surface area (Å²) in [6, 6.07) is 17.1. The quantitative estimate of drug-likeness (QED) is 0.0607. The zero-order chi connectivity index (χ0) is 42.1. The second-order valence-electron chi connectivity index (χ2n) is 11.9. The van der Waals surface area contributed by atoms with Crippen molar-refractivity contribution < 1.29 is 62.6 Å². The number of esters is 4. The first-order valence-corrected chi connectivity index (χ1v) is 17.8. The molecule has 0 N–H and O–H groups in total. The van der Waals surface area contributed by atoms with E-state index in [0.717, 1.165) is 109 Å². The largest absolute Gasteiger partial charge is 0.459 e. The molecule has 58 heavy (non-hydrogen) atoms. The van der Waals surface area contributed by atoms with E-state index < -0.39 is 80.0 Å². The predicted molar refractivity (Wildman–Crippen MR) is 197 cm³/mol. The molecule has 5 rings (SSSR count). The minimum atomic E-state index is -1.80. The van der Waals surface area contributed by atoms with Crippen LogP contribution in [0.15, 0.2) is 97.1 Å². The number of hydrogen-bond donors (Lipinski definition) is 0.